The molecule has 18 heavy (non-hydrogen) atoms. The summed E-state index contributed by atoms with van der Waals surface area (Å²) in [5, 5.41) is 6.11. The molecule has 0 saturated heterocycles. The minimum Gasteiger partial charge on any atom is -0.479 e. The number of hydrogen-bond acceptors (Lipinski definition) is 4. The van der Waals surface area contributed by atoms with Gasteiger partial charge in [0.15, 0.2) is 6.10 Å². The first kappa shape index (κ1) is 12.7. The van der Waals surface area contributed by atoms with Crippen LogP contribution >= 0.6 is 0 Å². The number of carbonyl (C=O) groups excluding carboxylic acids is 1. The maximum Gasteiger partial charge on any atom is 0.265 e. The van der Waals surface area contributed by atoms with E-state index >= 15 is 0 Å². The average molecular weight is 249 g/mol. The highest BCUT2D eigenvalue weighted by Gasteiger charge is 2.23. The smallest absolute Gasteiger partial charge is 0.265 e. The van der Waals surface area contributed by atoms with E-state index in [2.05, 4.69) is 17.6 Å². The highest BCUT2D eigenvalue weighted by molar-refractivity contribution is 5.98. The second-order valence-corrected chi connectivity index (χ2v) is 4.68. The summed E-state index contributed by atoms with van der Waals surface area (Å²) in [7, 11) is 0. The van der Waals surface area contributed by atoms with E-state index in [1.807, 2.05) is 18.2 Å². The van der Waals surface area contributed by atoms with Crippen molar-refractivity contribution in [3.8, 4) is 5.75 Å². The highest BCUT2D eigenvalue weighted by atomic mass is 16.5. The van der Waals surface area contributed by atoms with Crippen LogP contribution in [0, 0.1) is 5.92 Å². The van der Waals surface area contributed by atoms with Gasteiger partial charge in [-0.3, -0.25) is 4.79 Å². The van der Waals surface area contributed by atoms with Crippen LogP contribution in [0.5, 0.6) is 5.75 Å². The molecule has 2 atom stereocenters. The molecule has 2 unspecified atom stereocenters. The Kier molecular flexibility index (Phi) is 3.72. The van der Waals surface area contributed by atoms with Gasteiger partial charge in [-0.2, -0.15) is 0 Å². The van der Waals surface area contributed by atoms with Gasteiger partial charge < -0.3 is 21.1 Å². The molecule has 5 nitrogen and oxygen atoms in total. The van der Waals surface area contributed by atoms with E-state index in [1.165, 1.54) is 0 Å². The van der Waals surface area contributed by atoms with Crippen LogP contribution in [0.25, 0.3) is 0 Å². The van der Waals surface area contributed by atoms with Gasteiger partial charge in [0, 0.05) is 12.2 Å². The molecule has 0 bridgehead atoms. The van der Waals surface area contributed by atoms with E-state index < -0.39 is 6.10 Å². The van der Waals surface area contributed by atoms with E-state index in [-0.39, 0.29) is 5.91 Å². The molecule has 0 fully saturated rings. The van der Waals surface area contributed by atoms with Crippen LogP contribution in [0.15, 0.2) is 18.2 Å². The molecule has 1 heterocycles. The zero-order valence-electron chi connectivity index (χ0n) is 10.7. The van der Waals surface area contributed by atoms with E-state index in [0.29, 0.717) is 23.9 Å². The van der Waals surface area contributed by atoms with Crippen molar-refractivity contribution in [2.75, 3.05) is 23.7 Å². The van der Waals surface area contributed by atoms with Gasteiger partial charge in [-0.15, -0.1) is 0 Å². The Hall–Kier alpha value is -1.75. The van der Waals surface area contributed by atoms with Crippen molar-refractivity contribution in [1.29, 1.82) is 0 Å². The number of ether oxygens (including phenoxy) is 1. The molecular weight excluding hydrogens is 230 g/mol. The molecule has 0 aromatic heterocycles. The average Bonchev–Trinajstić information content (AvgIpc) is 2.37. The molecule has 1 aromatic carbocycles. The van der Waals surface area contributed by atoms with Crippen molar-refractivity contribution < 1.29 is 9.53 Å². The van der Waals surface area contributed by atoms with Crippen LogP contribution < -0.4 is 21.1 Å². The minimum atomic E-state index is -0.437. The van der Waals surface area contributed by atoms with Gasteiger partial charge in [0.1, 0.15) is 5.75 Å². The van der Waals surface area contributed by atoms with Gasteiger partial charge in [-0.05, 0) is 37.6 Å². The summed E-state index contributed by atoms with van der Waals surface area (Å²) in [4.78, 5) is 11.5. The Morgan fingerprint density at radius 3 is 3.06 bits per heavy atom. The predicted octanol–water partition coefficient (Wildman–Crippen LogP) is 1.41. The lowest BCUT2D eigenvalue weighted by Crippen LogP contribution is -2.34. The number of hydrogen-bond donors (Lipinski definition) is 3. The predicted molar refractivity (Wildman–Crippen MR) is 71.9 cm³/mol. The van der Waals surface area contributed by atoms with E-state index in [9.17, 15) is 4.79 Å². The fraction of sp³-hybridized carbons (Fsp3) is 0.462. The van der Waals surface area contributed by atoms with Crippen LogP contribution in [-0.4, -0.2) is 25.1 Å². The normalized spacial score (nSPS) is 19.5. The molecule has 1 aliphatic rings. The summed E-state index contributed by atoms with van der Waals surface area (Å²) < 4.78 is 5.49. The Morgan fingerprint density at radius 1 is 1.56 bits per heavy atom. The highest BCUT2D eigenvalue weighted by Crippen LogP contribution is 2.32. The number of amides is 1. The Morgan fingerprint density at radius 2 is 2.33 bits per heavy atom. The molecule has 4 N–H and O–H groups in total. The quantitative estimate of drug-likeness (QED) is 0.754. The zero-order chi connectivity index (χ0) is 13.1. The number of anilines is 2. The third-order valence-electron chi connectivity index (χ3n) is 2.97. The van der Waals surface area contributed by atoms with Crippen LogP contribution in [0.3, 0.4) is 0 Å². The summed E-state index contributed by atoms with van der Waals surface area (Å²) >= 11 is 0. The Labute approximate surface area is 107 Å². The largest absolute Gasteiger partial charge is 0.479 e. The molecule has 2 rings (SSSR count). The number of nitrogens with one attached hydrogen (secondary N) is 2. The van der Waals surface area contributed by atoms with Crippen molar-refractivity contribution in [2.24, 2.45) is 11.7 Å². The third kappa shape index (κ3) is 2.73. The molecule has 1 aromatic rings. The van der Waals surface area contributed by atoms with Crippen molar-refractivity contribution in [1.82, 2.24) is 0 Å². The molecule has 0 aliphatic carbocycles. The molecule has 0 spiro atoms. The third-order valence-corrected chi connectivity index (χ3v) is 2.97. The van der Waals surface area contributed by atoms with Gasteiger partial charge in [-0.25, -0.2) is 0 Å². The van der Waals surface area contributed by atoms with Crippen LogP contribution in [-0.2, 0) is 4.79 Å². The van der Waals surface area contributed by atoms with E-state index in [0.717, 1.165) is 12.2 Å². The van der Waals surface area contributed by atoms with Crippen LogP contribution in [0.1, 0.15) is 13.8 Å². The lowest BCUT2D eigenvalue weighted by molar-refractivity contribution is -0.122. The second-order valence-electron chi connectivity index (χ2n) is 4.68. The molecule has 1 aliphatic heterocycles. The molecule has 0 saturated carbocycles. The monoisotopic (exact) mass is 249 g/mol. The first-order valence-corrected chi connectivity index (χ1v) is 6.15. The van der Waals surface area contributed by atoms with Crippen LogP contribution in [0.4, 0.5) is 11.4 Å². The molecule has 98 valence electrons. The van der Waals surface area contributed by atoms with Gasteiger partial charge >= 0.3 is 0 Å². The lowest BCUT2D eigenvalue weighted by atomic mass is 10.1. The van der Waals surface area contributed by atoms with Crippen molar-refractivity contribution in [3.63, 3.8) is 0 Å². The fourth-order valence-electron chi connectivity index (χ4n) is 1.69. The van der Waals surface area contributed by atoms with Gasteiger partial charge in [-0.1, -0.05) is 6.92 Å². The van der Waals surface area contributed by atoms with Crippen LogP contribution in [0.2, 0.25) is 0 Å². The second kappa shape index (κ2) is 5.27. The van der Waals surface area contributed by atoms with Gasteiger partial charge in [0.25, 0.3) is 5.91 Å². The topological polar surface area (TPSA) is 76.4 Å². The Bertz CT molecular complexity index is 448. The standard InChI is InChI=1S/C13H19N3O2/c1-8(6-14)7-15-10-3-4-12-11(5-10)16-13(17)9(2)18-12/h3-5,8-9,15H,6-7,14H2,1-2H3,(H,16,17). The minimum absolute atomic E-state index is 0.116. The van der Waals surface area contributed by atoms with Crippen molar-refractivity contribution in [3.05, 3.63) is 18.2 Å². The maximum absolute atomic E-state index is 11.5. The van der Waals surface area contributed by atoms with Gasteiger partial charge in [0.2, 0.25) is 0 Å². The first-order chi connectivity index (χ1) is 8.60. The summed E-state index contributed by atoms with van der Waals surface area (Å²) in [6.07, 6.45) is -0.437. The molecular formula is C13H19N3O2. The van der Waals surface area contributed by atoms with Crippen molar-refractivity contribution in [2.45, 2.75) is 20.0 Å². The summed E-state index contributed by atoms with van der Waals surface area (Å²) in [6, 6.07) is 5.68. The number of benzene rings is 1. The Balaban J connectivity index is 2.08. The number of carbonyl (C=O) groups is 1. The SMILES string of the molecule is CC(CN)CNc1ccc2c(c1)NC(=O)C(C)O2. The summed E-state index contributed by atoms with van der Waals surface area (Å²) in [6.45, 7) is 5.27. The fourth-order valence-corrected chi connectivity index (χ4v) is 1.69. The van der Waals surface area contributed by atoms with E-state index in [1.54, 1.807) is 6.92 Å². The van der Waals surface area contributed by atoms with Crippen molar-refractivity contribution >= 4 is 17.3 Å². The van der Waals surface area contributed by atoms with E-state index in [4.69, 9.17) is 10.5 Å². The summed E-state index contributed by atoms with van der Waals surface area (Å²) in [5.74, 6) is 1.00. The maximum atomic E-state index is 11.5. The number of nitrogens with two attached hydrogens (primary N) is 1. The number of fused-ring (bicyclic) bond motifs is 1. The summed E-state index contributed by atoms with van der Waals surface area (Å²) in [5.41, 5.74) is 7.23. The lowest BCUT2D eigenvalue weighted by Gasteiger charge is -2.24. The molecule has 1 amide bonds. The zero-order valence-corrected chi connectivity index (χ0v) is 10.7. The van der Waals surface area contributed by atoms with Gasteiger partial charge in [0.05, 0.1) is 5.69 Å². The first-order valence-electron chi connectivity index (χ1n) is 6.15. The molecule has 0 radical (unpaired) electrons. The number of rotatable bonds is 4. The molecule has 5 heteroatoms.